The summed E-state index contributed by atoms with van der Waals surface area (Å²) in [5.41, 5.74) is 4.20. The largest absolute Gasteiger partial charge is 0.341 e. The second-order valence-electron chi connectivity index (χ2n) is 5.62. The van der Waals surface area contributed by atoms with Crippen molar-refractivity contribution < 1.29 is 9.59 Å². The maximum atomic E-state index is 12.0. The molecule has 8 heteroatoms. The molecular formula is C16H19ClN4O2S. The summed E-state index contributed by atoms with van der Waals surface area (Å²) in [4.78, 5) is 25.9. The highest BCUT2D eigenvalue weighted by molar-refractivity contribution is 7.99. The first kappa shape index (κ1) is 17.1. The number of hydrazone groups is 1. The third-order valence-corrected chi connectivity index (χ3v) is 5.21. The SMILES string of the molecule is O=C(CCCCl)Nc1cccc(C2=NNC(=O)C3CSCCN23)c1. The van der Waals surface area contributed by atoms with Crippen molar-refractivity contribution in [2.45, 2.75) is 18.9 Å². The average molecular weight is 367 g/mol. The van der Waals surface area contributed by atoms with Crippen LogP contribution in [-0.2, 0) is 9.59 Å². The molecule has 0 saturated carbocycles. The van der Waals surface area contributed by atoms with Gasteiger partial charge in [-0.3, -0.25) is 9.59 Å². The van der Waals surface area contributed by atoms with Crippen LogP contribution in [0.15, 0.2) is 29.4 Å². The van der Waals surface area contributed by atoms with Gasteiger partial charge in [0.05, 0.1) is 0 Å². The molecule has 1 aromatic rings. The summed E-state index contributed by atoms with van der Waals surface area (Å²) in [5, 5.41) is 7.11. The van der Waals surface area contributed by atoms with E-state index in [0.717, 1.165) is 35.1 Å². The van der Waals surface area contributed by atoms with E-state index in [1.54, 1.807) is 11.8 Å². The molecule has 2 aliphatic rings. The summed E-state index contributed by atoms with van der Waals surface area (Å²) in [6, 6.07) is 7.35. The molecule has 24 heavy (non-hydrogen) atoms. The Bertz CT molecular complexity index is 667. The molecule has 2 heterocycles. The van der Waals surface area contributed by atoms with Crippen molar-refractivity contribution in [3.8, 4) is 0 Å². The van der Waals surface area contributed by atoms with E-state index in [1.807, 2.05) is 29.2 Å². The summed E-state index contributed by atoms with van der Waals surface area (Å²) in [7, 11) is 0. The number of benzene rings is 1. The van der Waals surface area contributed by atoms with Gasteiger partial charge in [0.2, 0.25) is 5.91 Å². The third kappa shape index (κ3) is 3.84. The second-order valence-corrected chi connectivity index (χ2v) is 7.14. The summed E-state index contributed by atoms with van der Waals surface area (Å²) in [6.45, 7) is 0.786. The first-order valence-corrected chi connectivity index (χ1v) is 9.56. The molecule has 128 valence electrons. The van der Waals surface area contributed by atoms with Crippen LogP contribution < -0.4 is 10.7 Å². The highest BCUT2D eigenvalue weighted by atomic mass is 35.5. The van der Waals surface area contributed by atoms with Gasteiger partial charge in [-0.2, -0.15) is 16.9 Å². The lowest BCUT2D eigenvalue weighted by Crippen LogP contribution is -2.57. The molecule has 6 nitrogen and oxygen atoms in total. The van der Waals surface area contributed by atoms with Crippen molar-refractivity contribution in [1.29, 1.82) is 0 Å². The van der Waals surface area contributed by atoms with Crippen molar-refractivity contribution in [2.75, 3.05) is 29.2 Å². The van der Waals surface area contributed by atoms with Crippen LogP contribution in [0, 0.1) is 0 Å². The molecule has 0 aromatic heterocycles. The van der Waals surface area contributed by atoms with E-state index in [9.17, 15) is 9.59 Å². The number of nitrogens with zero attached hydrogens (tertiary/aromatic N) is 2. The lowest BCUT2D eigenvalue weighted by atomic mass is 10.1. The van der Waals surface area contributed by atoms with Gasteiger partial charge in [0.1, 0.15) is 6.04 Å². The summed E-state index contributed by atoms with van der Waals surface area (Å²) < 4.78 is 0. The van der Waals surface area contributed by atoms with Crippen molar-refractivity contribution in [3.63, 3.8) is 0 Å². The van der Waals surface area contributed by atoms with Crippen molar-refractivity contribution >= 4 is 46.7 Å². The minimum atomic E-state index is -0.182. The number of hydrogen-bond donors (Lipinski definition) is 2. The summed E-state index contributed by atoms with van der Waals surface area (Å²) in [5.74, 6) is 2.84. The monoisotopic (exact) mass is 366 g/mol. The molecule has 1 aromatic carbocycles. The number of thioether (sulfide) groups is 1. The van der Waals surface area contributed by atoms with E-state index >= 15 is 0 Å². The van der Waals surface area contributed by atoms with Crippen molar-refractivity contribution in [2.24, 2.45) is 5.10 Å². The Labute approximate surface area is 150 Å². The number of amidine groups is 1. The van der Waals surface area contributed by atoms with E-state index in [0.29, 0.717) is 18.7 Å². The first-order valence-electron chi connectivity index (χ1n) is 7.87. The molecule has 0 bridgehead atoms. The second kappa shape index (κ2) is 7.90. The highest BCUT2D eigenvalue weighted by Crippen LogP contribution is 2.23. The number of rotatable bonds is 5. The average Bonchev–Trinajstić information content (AvgIpc) is 2.61. The molecule has 0 aliphatic carbocycles. The van der Waals surface area contributed by atoms with E-state index in [4.69, 9.17) is 11.6 Å². The van der Waals surface area contributed by atoms with Gasteiger partial charge in [0.15, 0.2) is 5.84 Å². The number of carbonyl (C=O) groups excluding carboxylic acids is 2. The number of alkyl halides is 1. The maximum absolute atomic E-state index is 12.0. The molecule has 0 spiro atoms. The number of hydrogen-bond acceptors (Lipinski definition) is 5. The van der Waals surface area contributed by atoms with Crippen molar-refractivity contribution in [3.05, 3.63) is 29.8 Å². The van der Waals surface area contributed by atoms with Crippen LogP contribution in [0.1, 0.15) is 18.4 Å². The van der Waals surface area contributed by atoms with Gasteiger partial charge in [-0.05, 0) is 18.6 Å². The predicted octanol–water partition coefficient (Wildman–Crippen LogP) is 1.85. The number of amides is 2. The summed E-state index contributed by atoms with van der Waals surface area (Å²) in [6.07, 6.45) is 1.05. The Morgan fingerprint density at radius 1 is 1.50 bits per heavy atom. The molecule has 1 unspecified atom stereocenters. The third-order valence-electron chi connectivity index (χ3n) is 3.92. The lowest BCUT2D eigenvalue weighted by Gasteiger charge is -2.38. The molecule has 1 fully saturated rings. The van der Waals surface area contributed by atoms with Crippen LogP contribution in [0.3, 0.4) is 0 Å². The molecule has 1 atom stereocenters. The van der Waals surface area contributed by atoms with Gasteiger partial charge in [-0.25, -0.2) is 5.43 Å². The van der Waals surface area contributed by atoms with E-state index in [2.05, 4.69) is 15.8 Å². The Morgan fingerprint density at radius 2 is 2.38 bits per heavy atom. The maximum Gasteiger partial charge on any atom is 0.263 e. The minimum absolute atomic E-state index is 0.0565. The normalized spacial score (nSPS) is 20.0. The van der Waals surface area contributed by atoms with Gasteiger partial charge in [-0.1, -0.05) is 12.1 Å². The van der Waals surface area contributed by atoms with E-state index in [-0.39, 0.29) is 17.9 Å². The fourth-order valence-electron chi connectivity index (χ4n) is 2.74. The number of anilines is 1. The fourth-order valence-corrected chi connectivity index (χ4v) is 3.92. The van der Waals surface area contributed by atoms with Gasteiger partial charge >= 0.3 is 0 Å². The zero-order chi connectivity index (χ0) is 16.9. The zero-order valence-corrected chi connectivity index (χ0v) is 14.7. The van der Waals surface area contributed by atoms with Crippen molar-refractivity contribution in [1.82, 2.24) is 10.3 Å². The number of carbonyl (C=O) groups is 2. The lowest BCUT2D eigenvalue weighted by molar-refractivity contribution is -0.125. The summed E-state index contributed by atoms with van der Waals surface area (Å²) >= 11 is 7.39. The minimum Gasteiger partial charge on any atom is -0.341 e. The Balaban J connectivity index is 1.78. The van der Waals surface area contributed by atoms with Gasteiger partial charge in [0, 0.05) is 41.6 Å². The molecule has 2 aliphatic heterocycles. The Morgan fingerprint density at radius 3 is 3.21 bits per heavy atom. The van der Waals surface area contributed by atoms with Crippen LogP contribution in [0.4, 0.5) is 5.69 Å². The Kier molecular flexibility index (Phi) is 5.63. The number of fused-ring (bicyclic) bond motifs is 1. The zero-order valence-electron chi connectivity index (χ0n) is 13.1. The number of nitrogens with one attached hydrogen (secondary N) is 2. The van der Waals surface area contributed by atoms with E-state index in [1.165, 1.54) is 0 Å². The molecule has 2 amide bonds. The van der Waals surface area contributed by atoms with Crippen LogP contribution >= 0.6 is 23.4 Å². The Hall–Kier alpha value is -1.73. The quantitative estimate of drug-likeness (QED) is 0.780. The van der Waals surface area contributed by atoms with Gasteiger partial charge < -0.3 is 10.2 Å². The molecule has 1 saturated heterocycles. The smallest absolute Gasteiger partial charge is 0.263 e. The highest BCUT2D eigenvalue weighted by Gasteiger charge is 2.35. The van der Waals surface area contributed by atoms with E-state index < -0.39 is 0 Å². The van der Waals surface area contributed by atoms with Gasteiger partial charge in [0.25, 0.3) is 5.91 Å². The van der Waals surface area contributed by atoms with Gasteiger partial charge in [-0.15, -0.1) is 11.6 Å². The molecule has 3 rings (SSSR count). The topological polar surface area (TPSA) is 73.8 Å². The van der Waals surface area contributed by atoms with Crippen LogP contribution in [0.25, 0.3) is 0 Å². The molecule has 2 N–H and O–H groups in total. The molecule has 0 radical (unpaired) electrons. The van der Waals surface area contributed by atoms with Crippen LogP contribution in [0.5, 0.6) is 0 Å². The van der Waals surface area contributed by atoms with Crippen LogP contribution in [0.2, 0.25) is 0 Å². The molecular weight excluding hydrogens is 348 g/mol. The predicted molar refractivity (Wildman–Crippen MR) is 97.5 cm³/mol. The van der Waals surface area contributed by atoms with Crippen LogP contribution in [-0.4, -0.2) is 52.5 Å². The standard InChI is InChI=1S/C16H19ClN4O2S/c17-6-2-5-14(22)18-12-4-1-3-11(9-12)15-19-20-16(23)13-10-24-8-7-21(13)15/h1,3-4,9,13H,2,5-8,10H2,(H,18,22)(H,20,23). The number of halogens is 1. The first-order chi connectivity index (χ1) is 11.7. The fraction of sp³-hybridized carbons (Fsp3) is 0.438.